The van der Waals surface area contributed by atoms with Gasteiger partial charge in [-0.05, 0) is 158 Å². The molecule has 59 heavy (non-hydrogen) atoms. The van der Waals surface area contributed by atoms with Crippen LogP contribution in [0.3, 0.4) is 0 Å². The topological polar surface area (TPSA) is 4.93 Å². The van der Waals surface area contributed by atoms with Crippen LogP contribution in [-0.2, 0) is 27.1 Å². The lowest BCUT2D eigenvalue weighted by Crippen LogP contribution is -2.28. The predicted molar refractivity (Wildman–Crippen MR) is 256 cm³/mol. The molecule has 0 unspecified atom stereocenters. The Balaban J connectivity index is 1.09. The van der Waals surface area contributed by atoms with Gasteiger partial charge < -0.3 is 4.57 Å². The van der Waals surface area contributed by atoms with Gasteiger partial charge in [-0.25, -0.2) is 0 Å². The molecule has 8 aromatic carbocycles. The van der Waals surface area contributed by atoms with Crippen LogP contribution in [0.1, 0.15) is 129 Å². The Hall–Kier alpha value is -5.40. The molecule has 0 saturated carbocycles. The SMILES string of the molecule is CC(C)(C)c1cc2ccc3cc(-c4ccc5c(c4)C(C)(C)c4cc6c(cc4-5)C(C)(C)c4cc(C(C)(C)C)cc5c7cc(C(C)(C)C)ccc7n-6c45)cc4ccc(c1)c2c34. The minimum absolute atomic E-state index is 0.0294. The van der Waals surface area contributed by atoms with E-state index in [-0.39, 0.29) is 27.1 Å². The van der Waals surface area contributed by atoms with Crippen molar-refractivity contribution in [1.82, 2.24) is 4.57 Å². The van der Waals surface area contributed by atoms with Crippen LogP contribution in [-0.4, -0.2) is 4.57 Å². The maximum Gasteiger partial charge on any atom is 0.0582 e. The summed E-state index contributed by atoms with van der Waals surface area (Å²) >= 11 is 0. The Labute approximate surface area is 350 Å². The van der Waals surface area contributed by atoms with E-state index in [4.69, 9.17) is 0 Å². The zero-order valence-electron chi connectivity index (χ0n) is 37.3. The first-order valence-electron chi connectivity index (χ1n) is 21.8. The molecule has 2 aliphatic rings. The van der Waals surface area contributed by atoms with E-state index in [1.807, 2.05) is 0 Å². The minimum Gasteiger partial charge on any atom is -0.309 e. The van der Waals surface area contributed by atoms with Crippen LogP contribution in [0, 0.1) is 0 Å². The Kier molecular flexibility index (Phi) is 6.99. The van der Waals surface area contributed by atoms with Crippen LogP contribution in [0.5, 0.6) is 0 Å². The van der Waals surface area contributed by atoms with Crippen molar-refractivity contribution >= 4 is 54.1 Å². The van der Waals surface area contributed by atoms with Gasteiger partial charge in [0.1, 0.15) is 0 Å². The molecular weight excluding hydrogens is 711 g/mol. The molecule has 1 aromatic heterocycles. The summed E-state index contributed by atoms with van der Waals surface area (Å²) in [6.07, 6.45) is 0. The van der Waals surface area contributed by atoms with Crippen molar-refractivity contribution in [3.05, 3.63) is 148 Å². The largest absolute Gasteiger partial charge is 0.309 e. The summed E-state index contributed by atoms with van der Waals surface area (Å²) in [6, 6.07) is 43.7. The molecule has 9 aromatic rings. The third kappa shape index (κ3) is 4.97. The van der Waals surface area contributed by atoms with Gasteiger partial charge in [-0.1, -0.05) is 151 Å². The highest BCUT2D eigenvalue weighted by atomic mass is 15.0. The molecule has 1 aliphatic heterocycles. The second kappa shape index (κ2) is 11.2. The number of benzene rings is 8. The highest BCUT2D eigenvalue weighted by Crippen LogP contribution is 2.56. The maximum absolute atomic E-state index is 2.62. The van der Waals surface area contributed by atoms with E-state index in [2.05, 4.69) is 204 Å². The highest BCUT2D eigenvalue weighted by Gasteiger charge is 2.42. The first kappa shape index (κ1) is 36.7. The third-order valence-electron chi connectivity index (χ3n) is 14.7. The maximum atomic E-state index is 2.62. The zero-order valence-corrected chi connectivity index (χ0v) is 37.3. The second-order valence-corrected chi connectivity index (χ2v) is 22.4. The molecule has 11 rings (SSSR count). The van der Waals surface area contributed by atoms with Gasteiger partial charge in [0.25, 0.3) is 0 Å². The molecule has 1 heteroatoms. The fourth-order valence-corrected chi connectivity index (χ4v) is 11.0. The smallest absolute Gasteiger partial charge is 0.0582 e. The molecule has 0 fully saturated rings. The number of fused-ring (bicyclic) bond motifs is 8. The van der Waals surface area contributed by atoms with Crippen molar-refractivity contribution in [3.63, 3.8) is 0 Å². The number of rotatable bonds is 1. The summed E-state index contributed by atoms with van der Waals surface area (Å²) in [5, 5.41) is 10.8. The van der Waals surface area contributed by atoms with E-state index in [1.165, 1.54) is 121 Å². The summed E-state index contributed by atoms with van der Waals surface area (Å²) in [7, 11) is 0. The molecule has 294 valence electrons. The van der Waals surface area contributed by atoms with Crippen LogP contribution < -0.4 is 0 Å². The van der Waals surface area contributed by atoms with Gasteiger partial charge in [0.15, 0.2) is 0 Å². The molecule has 1 aliphatic carbocycles. The monoisotopic (exact) mass is 767 g/mol. The van der Waals surface area contributed by atoms with Crippen molar-refractivity contribution in [3.8, 4) is 27.9 Å². The third-order valence-corrected chi connectivity index (χ3v) is 14.7. The summed E-state index contributed by atoms with van der Waals surface area (Å²) in [6.45, 7) is 30.8. The molecule has 0 bridgehead atoms. The van der Waals surface area contributed by atoms with Crippen LogP contribution in [0.2, 0.25) is 0 Å². The summed E-state index contributed by atoms with van der Waals surface area (Å²) < 4.78 is 2.62. The van der Waals surface area contributed by atoms with Crippen LogP contribution in [0.15, 0.2) is 109 Å². The Morgan fingerprint density at radius 3 is 1.51 bits per heavy atom. The van der Waals surface area contributed by atoms with Crippen LogP contribution >= 0.6 is 0 Å². The van der Waals surface area contributed by atoms with E-state index in [9.17, 15) is 0 Å². The normalized spacial score (nSPS) is 15.8. The lowest BCUT2D eigenvalue weighted by Gasteiger charge is -2.37. The van der Waals surface area contributed by atoms with Crippen molar-refractivity contribution in [1.29, 1.82) is 0 Å². The quantitative estimate of drug-likeness (QED) is 0.147. The van der Waals surface area contributed by atoms with Crippen molar-refractivity contribution in [2.45, 2.75) is 117 Å². The van der Waals surface area contributed by atoms with Gasteiger partial charge >= 0.3 is 0 Å². The molecule has 0 spiro atoms. The lowest BCUT2D eigenvalue weighted by molar-refractivity contribution is 0.581. The average Bonchev–Trinajstić information content (AvgIpc) is 3.61. The molecule has 1 nitrogen and oxygen atoms in total. The van der Waals surface area contributed by atoms with Crippen molar-refractivity contribution < 1.29 is 0 Å². The fourth-order valence-electron chi connectivity index (χ4n) is 11.0. The first-order valence-corrected chi connectivity index (χ1v) is 21.8. The molecule has 0 N–H and O–H groups in total. The Morgan fingerprint density at radius 1 is 0.390 bits per heavy atom. The van der Waals surface area contributed by atoms with Crippen LogP contribution in [0.4, 0.5) is 0 Å². The number of nitrogens with zero attached hydrogens (tertiary/aromatic N) is 1. The zero-order chi connectivity index (χ0) is 41.5. The number of hydrogen-bond acceptors (Lipinski definition) is 0. The molecule has 0 amide bonds. The van der Waals surface area contributed by atoms with Crippen molar-refractivity contribution in [2.24, 2.45) is 0 Å². The lowest BCUT2D eigenvalue weighted by atomic mass is 9.71. The van der Waals surface area contributed by atoms with Gasteiger partial charge in [-0.15, -0.1) is 0 Å². The van der Waals surface area contributed by atoms with Gasteiger partial charge in [-0.2, -0.15) is 0 Å². The van der Waals surface area contributed by atoms with E-state index >= 15 is 0 Å². The average molecular weight is 768 g/mol. The van der Waals surface area contributed by atoms with Crippen LogP contribution in [0.25, 0.3) is 82.1 Å². The summed E-state index contributed by atoms with van der Waals surface area (Å²) in [5.74, 6) is 0. The standard InChI is InChI=1S/C58H57N/c1-54(2,3)38-19-21-49-43(27-38)44-28-40(56(7,8)9)29-48-53(44)59(49)50-31-46-42(30-47(50)58(48,12)13)41-20-18-32(26-45(41)57(46,10)11)37-22-33-14-16-35-24-39(55(4,5)6)25-36-17-15-34(23-37)51(33)52(35)36/h14-31H,1-13H3. The molecule has 0 saturated heterocycles. The number of hydrogen-bond donors (Lipinski definition) is 0. The van der Waals surface area contributed by atoms with Gasteiger partial charge in [0.05, 0.1) is 16.7 Å². The second-order valence-electron chi connectivity index (χ2n) is 22.4. The molecule has 0 atom stereocenters. The highest BCUT2D eigenvalue weighted by molar-refractivity contribution is 6.24. The fraction of sp³-hybridized carbons (Fsp3) is 0.310. The van der Waals surface area contributed by atoms with Gasteiger partial charge in [0, 0.05) is 21.6 Å². The molecule has 2 heterocycles. The van der Waals surface area contributed by atoms with Crippen molar-refractivity contribution in [2.75, 3.05) is 0 Å². The van der Waals surface area contributed by atoms with E-state index in [0.29, 0.717) is 0 Å². The summed E-state index contributed by atoms with van der Waals surface area (Å²) in [5.41, 5.74) is 19.0. The first-order chi connectivity index (χ1) is 27.6. The Morgan fingerprint density at radius 2 is 0.915 bits per heavy atom. The molecular formula is C58H57N. The minimum atomic E-state index is -0.188. The van der Waals surface area contributed by atoms with E-state index in [1.54, 1.807) is 0 Å². The van der Waals surface area contributed by atoms with Gasteiger partial charge in [0.2, 0.25) is 0 Å². The predicted octanol–water partition coefficient (Wildman–Crippen LogP) is 16.2. The Bertz CT molecular complexity index is 3230. The molecule has 0 radical (unpaired) electrons. The van der Waals surface area contributed by atoms with Gasteiger partial charge in [-0.3, -0.25) is 0 Å². The summed E-state index contributed by atoms with van der Waals surface area (Å²) in [4.78, 5) is 0. The van der Waals surface area contributed by atoms with E-state index in [0.717, 1.165) is 0 Å². The number of aromatic nitrogens is 1. The van der Waals surface area contributed by atoms with E-state index < -0.39 is 0 Å².